The number of halogens is 1. The molecular weight excluding hydrogens is 448 g/mol. The summed E-state index contributed by atoms with van der Waals surface area (Å²) in [5.74, 6) is 1.40. The molecule has 0 spiro atoms. The fourth-order valence-corrected chi connectivity index (χ4v) is 5.28. The number of benzene rings is 2. The third-order valence-corrected chi connectivity index (χ3v) is 6.99. The van der Waals surface area contributed by atoms with Crippen molar-refractivity contribution in [3.8, 4) is 17.1 Å². The zero-order valence-corrected chi connectivity index (χ0v) is 18.1. The molecule has 2 heterocycles. The number of aromatic amines is 1. The maximum atomic E-state index is 12.7. The van der Waals surface area contributed by atoms with Crippen LogP contribution in [0, 0.1) is 0 Å². The molecule has 1 N–H and O–H groups in total. The Bertz CT molecular complexity index is 1230. The van der Waals surface area contributed by atoms with Gasteiger partial charge in [0, 0.05) is 14.9 Å². The Morgan fingerprint density at radius 1 is 1.03 bits per heavy atom. The summed E-state index contributed by atoms with van der Waals surface area (Å²) >= 11 is 5.11. The second kappa shape index (κ2) is 7.76. The lowest BCUT2D eigenvalue weighted by Crippen LogP contribution is -2.11. The van der Waals surface area contributed by atoms with Crippen molar-refractivity contribution in [2.45, 2.75) is 32.3 Å². The van der Waals surface area contributed by atoms with Crippen LogP contribution in [-0.4, -0.2) is 9.97 Å². The van der Waals surface area contributed by atoms with Gasteiger partial charge in [-0.2, -0.15) is 0 Å². The second-order valence-corrected chi connectivity index (χ2v) is 9.24. The van der Waals surface area contributed by atoms with Crippen LogP contribution in [0.5, 0.6) is 5.75 Å². The monoisotopic (exact) mass is 466 g/mol. The zero-order chi connectivity index (χ0) is 19.8. The van der Waals surface area contributed by atoms with Crippen molar-refractivity contribution in [3.63, 3.8) is 0 Å². The van der Waals surface area contributed by atoms with E-state index in [1.165, 1.54) is 16.9 Å². The first-order chi connectivity index (χ1) is 14.2. The summed E-state index contributed by atoms with van der Waals surface area (Å²) in [6.07, 6.45) is 4.41. The van der Waals surface area contributed by atoms with E-state index in [1.54, 1.807) is 11.3 Å². The highest BCUT2D eigenvalue weighted by Crippen LogP contribution is 2.34. The molecule has 6 heteroatoms. The maximum absolute atomic E-state index is 12.7. The van der Waals surface area contributed by atoms with Gasteiger partial charge in [0.05, 0.1) is 5.39 Å². The van der Waals surface area contributed by atoms with E-state index >= 15 is 0 Å². The molecule has 0 bridgehead atoms. The summed E-state index contributed by atoms with van der Waals surface area (Å²) in [6, 6.07) is 15.8. The Morgan fingerprint density at radius 3 is 2.59 bits per heavy atom. The summed E-state index contributed by atoms with van der Waals surface area (Å²) in [6.45, 7) is 0.508. The van der Waals surface area contributed by atoms with Crippen LogP contribution < -0.4 is 10.3 Å². The minimum absolute atomic E-state index is 0.0278. The summed E-state index contributed by atoms with van der Waals surface area (Å²) in [7, 11) is 0. The fraction of sp³-hybridized carbons (Fsp3) is 0.217. The van der Waals surface area contributed by atoms with Gasteiger partial charge in [0.2, 0.25) is 0 Å². The molecule has 0 saturated heterocycles. The van der Waals surface area contributed by atoms with Crippen LogP contribution in [0.15, 0.2) is 57.8 Å². The average molecular weight is 467 g/mol. The van der Waals surface area contributed by atoms with E-state index in [2.05, 4.69) is 20.9 Å². The Labute approximate surface area is 180 Å². The van der Waals surface area contributed by atoms with Crippen molar-refractivity contribution in [2.24, 2.45) is 0 Å². The average Bonchev–Trinajstić information content (AvgIpc) is 3.13. The first-order valence-corrected chi connectivity index (χ1v) is 11.3. The van der Waals surface area contributed by atoms with E-state index in [1.807, 2.05) is 48.5 Å². The molecule has 29 heavy (non-hydrogen) atoms. The minimum atomic E-state index is -0.0278. The van der Waals surface area contributed by atoms with Gasteiger partial charge in [-0.05, 0) is 73.2 Å². The van der Waals surface area contributed by atoms with E-state index in [0.717, 1.165) is 50.8 Å². The highest BCUT2D eigenvalue weighted by atomic mass is 79.9. The van der Waals surface area contributed by atoms with Crippen LogP contribution in [0.4, 0.5) is 0 Å². The number of aromatic nitrogens is 2. The molecule has 0 unspecified atom stereocenters. The maximum Gasteiger partial charge on any atom is 0.260 e. The van der Waals surface area contributed by atoms with Crippen LogP contribution in [0.1, 0.15) is 28.8 Å². The molecule has 0 radical (unpaired) electrons. The van der Waals surface area contributed by atoms with Gasteiger partial charge in [-0.3, -0.25) is 4.79 Å². The number of H-pyrrole nitrogens is 1. The van der Waals surface area contributed by atoms with Crippen molar-refractivity contribution >= 4 is 37.5 Å². The SMILES string of the molecule is O=c1[nH]c(-c2ccc(OCc3ccc(Br)cc3)cc2)nc2sc3c(c12)CCCC3. The lowest BCUT2D eigenvalue weighted by molar-refractivity contribution is 0.306. The predicted molar refractivity (Wildman–Crippen MR) is 121 cm³/mol. The molecule has 0 atom stereocenters. The zero-order valence-electron chi connectivity index (χ0n) is 15.7. The molecule has 0 fully saturated rings. The van der Waals surface area contributed by atoms with Crippen LogP contribution >= 0.6 is 27.3 Å². The number of hydrogen-bond donors (Lipinski definition) is 1. The normalized spacial score (nSPS) is 13.4. The molecule has 146 valence electrons. The Morgan fingerprint density at radius 2 is 1.79 bits per heavy atom. The number of fused-ring (bicyclic) bond motifs is 3. The summed E-state index contributed by atoms with van der Waals surface area (Å²) < 4.78 is 6.92. The van der Waals surface area contributed by atoms with Crippen molar-refractivity contribution in [1.82, 2.24) is 9.97 Å². The number of thiophene rings is 1. The number of aryl methyl sites for hydroxylation is 2. The van der Waals surface area contributed by atoms with Crippen molar-refractivity contribution in [3.05, 3.63) is 79.4 Å². The van der Waals surface area contributed by atoms with Crippen molar-refractivity contribution in [2.75, 3.05) is 0 Å². The summed E-state index contributed by atoms with van der Waals surface area (Å²) in [5, 5.41) is 0.794. The topological polar surface area (TPSA) is 55.0 Å². The van der Waals surface area contributed by atoms with E-state index in [9.17, 15) is 4.79 Å². The quantitative estimate of drug-likeness (QED) is 0.408. The van der Waals surface area contributed by atoms with Gasteiger partial charge >= 0.3 is 0 Å². The van der Waals surface area contributed by atoms with Crippen molar-refractivity contribution < 1.29 is 4.74 Å². The van der Waals surface area contributed by atoms with Gasteiger partial charge in [0.1, 0.15) is 23.0 Å². The number of nitrogens with zero attached hydrogens (tertiary/aromatic N) is 1. The van der Waals surface area contributed by atoms with E-state index in [-0.39, 0.29) is 5.56 Å². The molecule has 5 rings (SSSR count). The number of ether oxygens (including phenoxy) is 1. The Kier molecular flexibility index (Phi) is 4.97. The predicted octanol–water partition coefficient (Wildman–Crippen LogP) is 5.87. The molecule has 4 aromatic rings. The van der Waals surface area contributed by atoms with Gasteiger partial charge in [-0.1, -0.05) is 28.1 Å². The summed E-state index contributed by atoms with van der Waals surface area (Å²) in [5.41, 5.74) is 3.18. The standard InChI is InChI=1S/C23H19BrN2O2S/c24-16-9-5-14(6-10-16)13-28-17-11-7-15(8-12-17)21-25-22(27)20-18-3-1-2-4-19(18)29-23(20)26-21/h5-12H,1-4,13H2,(H,25,26,27). The fourth-order valence-electron chi connectivity index (χ4n) is 3.76. The first-order valence-electron chi connectivity index (χ1n) is 9.69. The molecule has 1 aliphatic rings. The molecule has 0 aliphatic heterocycles. The van der Waals surface area contributed by atoms with E-state index < -0.39 is 0 Å². The molecular formula is C23H19BrN2O2S. The van der Waals surface area contributed by atoms with Gasteiger partial charge < -0.3 is 9.72 Å². The lowest BCUT2D eigenvalue weighted by atomic mass is 9.97. The Balaban J connectivity index is 1.38. The molecule has 1 aliphatic carbocycles. The van der Waals surface area contributed by atoms with Crippen LogP contribution in [-0.2, 0) is 19.4 Å². The van der Waals surface area contributed by atoms with Gasteiger partial charge in [0.15, 0.2) is 0 Å². The molecule has 0 amide bonds. The van der Waals surface area contributed by atoms with E-state index in [0.29, 0.717) is 12.4 Å². The van der Waals surface area contributed by atoms with Gasteiger partial charge in [-0.25, -0.2) is 4.98 Å². The smallest absolute Gasteiger partial charge is 0.260 e. The molecule has 4 nitrogen and oxygen atoms in total. The summed E-state index contributed by atoms with van der Waals surface area (Å²) in [4.78, 5) is 22.7. The number of hydrogen-bond acceptors (Lipinski definition) is 4. The highest BCUT2D eigenvalue weighted by molar-refractivity contribution is 9.10. The number of rotatable bonds is 4. The molecule has 0 saturated carbocycles. The lowest BCUT2D eigenvalue weighted by Gasteiger charge is -2.09. The Hall–Kier alpha value is -2.44. The highest BCUT2D eigenvalue weighted by Gasteiger charge is 2.20. The minimum Gasteiger partial charge on any atom is -0.489 e. The van der Waals surface area contributed by atoms with Gasteiger partial charge in [-0.15, -0.1) is 11.3 Å². The third-order valence-electron chi connectivity index (χ3n) is 5.27. The number of nitrogens with one attached hydrogen (secondary N) is 1. The van der Waals surface area contributed by atoms with Gasteiger partial charge in [0.25, 0.3) is 5.56 Å². The van der Waals surface area contributed by atoms with Crippen LogP contribution in [0.25, 0.3) is 21.6 Å². The van der Waals surface area contributed by atoms with Crippen molar-refractivity contribution in [1.29, 1.82) is 0 Å². The van der Waals surface area contributed by atoms with Crippen LogP contribution in [0.3, 0.4) is 0 Å². The molecule has 2 aromatic heterocycles. The first kappa shape index (κ1) is 18.6. The van der Waals surface area contributed by atoms with Crippen LogP contribution in [0.2, 0.25) is 0 Å². The molecule has 2 aromatic carbocycles. The van der Waals surface area contributed by atoms with E-state index in [4.69, 9.17) is 9.72 Å². The second-order valence-electron chi connectivity index (χ2n) is 7.25. The third kappa shape index (κ3) is 3.74. The largest absolute Gasteiger partial charge is 0.489 e.